The summed E-state index contributed by atoms with van der Waals surface area (Å²) in [4.78, 5) is 7.62. The molecule has 0 amide bonds. The van der Waals surface area contributed by atoms with Gasteiger partial charge < -0.3 is 14.9 Å². The van der Waals surface area contributed by atoms with Gasteiger partial charge in [0.25, 0.3) is 0 Å². The maximum atomic E-state index is 5.38. The molecule has 0 aliphatic carbocycles. The normalized spacial score (nSPS) is 10.0. The number of nitrogen functional groups attached to an aromatic ring is 1. The van der Waals surface area contributed by atoms with Crippen LogP contribution in [0.2, 0.25) is 0 Å². The van der Waals surface area contributed by atoms with Gasteiger partial charge in [0.2, 0.25) is 11.8 Å². The van der Waals surface area contributed by atoms with Gasteiger partial charge in [-0.15, -0.1) is 0 Å². The molecule has 0 fully saturated rings. The second kappa shape index (κ2) is 3.78. The first-order chi connectivity index (χ1) is 6.84. The molecule has 0 radical (unpaired) electrons. The summed E-state index contributed by atoms with van der Waals surface area (Å²) in [6.07, 6.45) is 3.13. The Bertz CT molecular complexity index is 400. The summed E-state index contributed by atoms with van der Waals surface area (Å²) in [5.74, 6) is 1.37. The van der Waals surface area contributed by atoms with Gasteiger partial charge in [0, 0.05) is 12.3 Å². The minimum atomic E-state index is 0.196. The van der Waals surface area contributed by atoms with Crippen LogP contribution in [0, 0.1) is 0 Å². The number of furan rings is 1. The van der Waals surface area contributed by atoms with E-state index in [1.165, 1.54) is 0 Å². The quantitative estimate of drug-likeness (QED) is 0.789. The molecule has 0 aliphatic rings. The van der Waals surface area contributed by atoms with Crippen LogP contribution in [0.1, 0.15) is 5.76 Å². The lowest BCUT2D eigenvalue weighted by atomic mass is 10.5. The van der Waals surface area contributed by atoms with Crippen LogP contribution < -0.4 is 10.5 Å². The lowest BCUT2D eigenvalue weighted by Gasteiger charge is -2.02. The second-order valence-electron chi connectivity index (χ2n) is 2.62. The molecule has 2 rings (SSSR count). The zero-order valence-electron chi connectivity index (χ0n) is 7.38. The predicted octanol–water partition coefficient (Wildman–Crippen LogP) is 1.23. The molecule has 2 N–H and O–H groups in total. The van der Waals surface area contributed by atoms with Crippen LogP contribution in [0.4, 0.5) is 5.95 Å². The van der Waals surface area contributed by atoms with Crippen molar-refractivity contribution in [2.24, 2.45) is 0 Å². The SMILES string of the molecule is Nc1nccc(OCc2ccco2)n1. The van der Waals surface area contributed by atoms with Crippen LogP contribution in [0.3, 0.4) is 0 Å². The monoisotopic (exact) mass is 191 g/mol. The van der Waals surface area contributed by atoms with Crippen molar-refractivity contribution in [1.29, 1.82) is 0 Å². The van der Waals surface area contributed by atoms with Gasteiger partial charge in [-0.05, 0) is 12.1 Å². The molecule has 2 heterocycles. The van der Waals surface area contributed by atoms with E-state index in [1.807, 2.05) is 6.07 Å². The van der Waals surface area contributed by atoms with E-state index in [9.17, 15) is 0 Å². The topological polar surface area (TPSA) is 74.2 Å². The average molecular weight is 191 g/mol. The Balaban J connectivity index is 1.98. The highest BCUT2D eigenvalue weighted by Gasteiger charge is 1.99. The van der Waals surface area contributed by atoms with Crippen molar-refractivity contribution in [3.8, 4) is 5.88 Å². The first kappa shape index (κ1) is 8.55. The highest BCUT2D eigenvalue weighted by atomic mass is 16.5. The van der Waals surface area contributed by atoms with Gasteiger partial charge >= 0.3 is 0 Å². The lowest BCUT2D eigenvalue weighted by molar-refractivity contribution is 0.260. The van der Waals surface area contributed by atoms with E-state index in [0.717, 1.165) is 5.76 Å². The fraction of sp³-hybridized carbons (Fsp3) is 0.111. The predicted molar refractivity (Wildman–Crippen MR) is 49.5 cm³/mol. The molecule has 0 aliphatic heterocycles. The van der Waals surface area contributed by atoms with Gasteiger partial charge in [-0.1, -0.05) is 0 Å². The number of nitrogens with zero attached hydrogens (tertiary/aromatic N) is 2. The molecule has 0 unspecified atom stereocenters. The number of aromatic nitrogens is 2. The fourth-order valence-corrected chi connectivity index (χ4v) is 0.977. The van der Waals surface area contributed by atoms with Gasteiger partial charge in [0.15, 0.2) is 0 Å². The molecular weight excluding hydrogens is 182 g/mol. The third kappa shape index (κ3) is 2.01. The first-order valence-electron chi connectivity index (χ1n) is 4.08. The van der Waals surface area contributed by atoms with E-state index in [-0.39, 0.29) is 5.95 Å². The Labute approximate surface area is 80.5 Å². The molecule has 5 heteroatoms. The Morgan fingerprint density at radius 3 is 3.07 bits per heavy atom. The third-order valence-corrected chi connectivity index (χ3v) is 1.59. The van der Waals surface area contributed by atoms with Crippen molar-refractivity contribution >= 4 is 5.95 Å². The molecule has 0 spiro atoms. The maximum absolute atomic E-state index is 5.38. The highest BCUT2D eigenvalue weighted by Crippen LogP contribution is 2.09. The summed E-state index contributed by atoms with van der Waals surface area (Å²) >= 11 is 0. The van der Waals surface area contributed by atoms with Crippen molar-refractivity contribution in [1.82, 2.24) is 9.97 Å². The van der Waals surface area contributed by atoms with Crippen LogP contribution in [-0.2, 0) is 6.61 Å². The van der Waals surface area contributed by atoms with Crippen LogP contribution in [0.25, 0.3) is 0 Å². The maximum Gasteiger partial charge on any atom is 0.223 e. The molecular formula is C9H9N3O2. The van der Waals surface area contributed by atoms with Gasteiger partial charge in [-0.25, -0.2) is 4.98 Å². The van der Waals surface area contributed by atoms with Crippen molar-refractivity contribution in [3.63, 3.8) is 0 Å². The summed E-state index contributed by atoms with van der Waals surface area (Å²) in [5.41, 5.74) is 5.38. The van der Waals surface area contributed by atoms with Gasteiger partial charge in [-0.2, -0.15) is 4.98 Å². The zero-order chi connectivity index (χ0) is 9.80. The van der Waals surface area contributed by atoms with E-state index in [2.05, 4.69) is 9.97 Å². The standard InChI is InChI=1S/C9H9N3O2/c10-9-11-4-3-8(12-9)14-6-7-2-1-5-13-7/h1-5H,6H2,(H2,10,11,12). The summed E-state index contributed by atoms with van der Waals surface area (Å²) < 4.78 is 10.4. The van der Waals surface area contributed by atoms with Gasteiger partial charge in [0.05, 0.1) is 6.26 Å². The molecule has 0 saturated carbocycles. The summed E-state index contributed by atoms with van der Waals surface area (Å²) in [5, 5.41) is 0. The Morgan fingerprint density at radius 2 is 2.36 bits per heavy atom. The summed E-state index contributed by atoms with van der Waals surface area (Å²) in [6.45, 7) is 0.337. The number of anilines is 1. The smallest absolute Gasteiger partial charge is 0.223 e. The molecule has 2 aromatic rings. The van der Waals surface area contributed by atoms with Crippen molar-refractivity contribution < 1.29 is 9.15 Å². The number of ether oxygens (including phenoxy) is 1. The largest absolute Gasteiger partial charge is 0.469 e. The molecule has 2 aromatic heterocycles. The Kier molecular flexibility index (Phi) is 2.31. The van der Waals surface area contributed by atoms with E-state index in [4.69, 9.17) is 14.9 Å². The summed E-state index contributed by atoms with van der Waals surface area (Å²) in [6, 6.07) is 5.26. The molecule has 72 valence electrons. The number of rotatable bonds is 3. The molecule has 0 bridgehead atoms. The van der Waals surface area contributed by atoms with E-state index in [1.54, 1.807) is 24.6 Å². The highest BCUT2D eigenvalue weighted by molar-refractivity contribution is 5.20. The zero-order valence-corrected chi connectivity index (χ0v) is 7.38. The van der Waals surface area contributed by atoms with Crippen LogP contribution >= 0.6 is 0 Å². The number of hydrogen-bond donors (Lipinski definition) is 1. The van der Waals surface area contributed by atoms with Crippen molar-refractivity contribution in [2.45, 2.75) is 6.61 Å². The lowest BCUT2D eigenvalue weighted by Crippen LogP contribution is -1.99. The van der Waals surface area contributed by atoms with Gasteiger partial charge in [0.1, 0.15) is 12.4 Å². The minimum absolute atomic E-state index is 0.196. The molecule has 0 saturated heterocycles. The van der Waals surface area contributed by atoms with E-state index in [0.29, 0.717) is 12.5 Å². The third-order valence-electron chi connectivity index (χ3n) is 1.59. The molecule has 14 heavy (non-hydrogen) atoms. The van der Waals surface area contributed by atoms with E-state index >= 15 is 0 Å². The Hall–Kier alpha value is -2.04. The number of nitrogens with two attached hydrogens (primary N) is 1. The van der Waals surface area contributed by atoms with Gasteiger partial charge in [-0.3, -0.25) is 0 Å². The Morgan fingerprint density at radius 1 is 1.43 bits per heavy atom. The van der Waals surface area contributed by atoms with Crippen molar-refractivity contribution in [3.05, 3.63) is 36.4 Å². The first-order valence-corrected chi connectivity index (χ1v) is 4.08. The summed E-state index contributed by atoms with van der Waals surface area (Å²) in [7, 11) is 0. The molecule has 5 nitrogen and oxygen atoms in total. The fourth-order valence-electron chi connectivity index (χ4n) is 0.977. The van der Waals surface area contributed by atoms with Crippen molar-refractivity contribution in [2.75, 3.05) is 5.73 Å². The second-order valence-corrected chi connectivity index (χ2v) is 2.62. The van der Waals surface area contributed by atoms with Crippen LogP contribution in [0.15, 0.2) is 35.1 Å². The average Bonchev–Trinajstić information content (AvgIpc) is 2.67. The van der Waals surface area contributed by atoms with Crippen LogP contribution in [-0.4, -0.2) is 9.97 Å². The van der Waals surface area contributed by atoms with Crippen LogP contribution in [0.5, 0.6) is 5.88 Å². The minimum Gasteiger partial charge on any atom is -0.469 e. The number of hydrogen-bond acceptors (Lipinski definition) is 5. The van der Waals surface area contributed by atoms with E-state index < -0.39 is 0 Å². The molecule has 0 aromatic carbocycles. The molecule has 0 atom stereocenters.